The van der Waals surface area contributed by atoms with Gasteiger partial charge in [-0.15, -0.1) is 0 Å². The van der Waals surface area contributed by atoms with Gasteiger partial charge in [0.05, 0.1) is 6.07 Å². The maximum Gasteiger partial charge on any atom is 0.408 e. The number of nitrogens with zero attached hydrogens (tertiary/aromatic N) is 2. The summed E-state index contributed by atoms with van der Waals surface area (Å²) in [5.74, 6) is -0.916. The van der Waals surface area contributed by atoms with Crippen LogP contribution in [0.3, 0.4) is 0 Å². The monoisotopic (exact) mass is 444 g/mol. The standard InChI is InChI=1S/C24H36N4O4/c1-8-9-13-26-21(29)20(19-11-10-16(2)17(3)15-19)28(14-12-25)22(30)18(4)27-23(31)32-24(5,6)7/h10-11,15,18,20H,8-9,13-14H2,1-7H3,(H,26,29)(H,27,31). The van der Waals surface area contributed by atoms with Gasteiger partial charge in [0, 0.05) is 6.54 Å². The molecule has 32 heavy (non-hydrogen) atoms. The molecule has 0 aliphatic rings. The van der Waals surface area contributed by atoms with Crippen molar-refractivity contribution in [3.8, 4) is 6.07 Å². The minimum Gasteiger partial charge on any atom is -0.444 e. The molecule has 0 aliphatic carbocycles. The lowest BCUT2D eigenvalue weighted by Gasteiger charge is -2.32. The molecule has 1 rings (SSSR count). The molecule has 0 heterocycles. The highest BCUT2D eigenvalue weighted by atomic mass is 16.6. The Balaban J connectivity index is 3.25. The Bertz CT molecular complexity index is 855. The predicted octanol–water partition coefficient (Wildman–Crippen LogP) is 3.53. The molecule has 0 fully saturated rings. The smallest absolute Gasteiger partial charge is 0.408 e. The molecule has 176 valence electrons. The van der Waals surface area contributed by atoms with Crippen molar-refractivity contribution < 1.29 is 19.1 Å². The Labute approximate surface area is 191 Å². The third-order valence-electron chi connectivity index (χ3n) is 4.86. The number of nitrogens with one attached hydrogen (secondary N) is 2. The molecule has 0 saturated carbocycles. The summed E-state index contributed by atoms with van der Waals surface area (Å²) in [6.07, 6.45) is 0.964. The first kappa shape index (κ1) is 27.0. The Kier molecular flexibility index (Phi) is 10.2. The van der Waals surface area contributed by atoms with Gasteiger partial charge in [0.25, 0.3) is 0 Å². The van der Waals surface area contributed by atoms with Crippen LogP contribution in [0.15, 0.2) is 18.2 Å². The van der Waals surface area contributed by atoms with Crippen LogP contribution in [0, 0.1) is 25.2 Å². The molecular formula is C24H36N4O4. The van der Waals surface area contributed by atoms with E-state index in [0.29, 0.717) is 12.1 Å². The summed E-state index contributed by atoms with van der Waals surface area (Å²) in [5.41, 5.74) is 1.91. The number of alkyl carbamates (subject to hydrolysis) is 1. The fourth-order valence-corrected chi connectivity index (χ4v) is 3.06. The summed E-state index contributed by atoms with van der Waals surface area (Å²) >= 11 is 0. The van der Waals surface area contributed by atoms with E-state index in [1.54, 1.807) is 26.8 Å². The second-order valence-corrected chi connectivity index (χ2v) is 8.88. The average Bonchev–Trinajstić information content (AvgIpc) is 2.68. The number of ether oxygens (including phenoxy) is 1. The third kappa shape index (κ3) is 8.22. The molecule has 2 atom stereocenters. The molecule has 0 spiro atoms. The Morgan fingerprint density at radius 3 is 2.38 bits per heavy atom. The maximum atomic E-state index is 13.3. The van der Waals surface area contributed by atoms with Gasteiger partial charge in [0.2, 0.25) is 11.8 Å². The Morgan fingerprint density at radius 2 is 1.84 bits per heavy atom. The quantitative estimate of drug-likeness (QED) is 0.447. The van der Waals surface area contributed by atoms with Crippen molar-refractivity contribution in [1.82, 2.24) is 15.5 Å². The zero-order valence-corrected chi connectivity index (χ0v) is 20.2. The molecule has 0 aliphatic heterocycles. The van der Waals surface area contributed by atoms with E-state index in [-0.39, 0.29) is 12.5 Å². The average molecular weight is 445 g/mol. The third-order valence-corrected chi connectivity index (χ3v) is 4.86. The highest BCUT2D eigenvalue weighted by molar-refractivity contribution is 5.92. The second kappa shape index (κ2) is 12.1. The van der Waals surface area contributed by atoms with Crippen LogP contribution in [-0.2, 0) is 14.3 Å². The second-order valence-electron chi connectivity index (χ2n) is 8.88. The number of rotatable bonds is 9. The van der Waals surface area contributed by atoms with Crippen molar-refractivity contribution >= 4 is 17.9 Å². The van der Waals surface area contributed by atoms with Gasteiger partial charge in [-0.2, -0.15) is 5.26 Å². The number of unbranched alkanes of at least 4 members (excludes halogenated alkanes) is 1. The molecule has 0 aromatic heterocycles. The van der Waals surface area contributed by atoms with Gasteiger partial charge in [0.15, 0.2) is 0 Å². The number of benzene rings is 1. The first-order valence-electron chi connectivity index (χ1n) is 10.9. The van der Waals surface area contributed by atoms with Crippen molar-refractivity contribution in [3.63, 3.8) is 0 Å². The molecular weight excluding hydrogens is 408 g/mol. The molecule has 0 saturated heterocycles. The topological polar surface area (TPSA) is 112 Å². The zero-order valence-electron chi connectivity index (χ0n) is 20.2. The van der Waals surface area contributed by atoms with Crippen LogP contribution in [0.2, 0.25) is 0 Å². The van der Waals surface area contributed by atoms with Gasteiger partial charge < -0.3 is 20.3 Å². The summed E-state index contributed by atoms with van der Waals surface area (Å²) in [4.78, 5) is 39.7. The van der Waals surface area contributed by atoms with Crippen molar-refractivity contribution in [2.45, 2.75) is 79.0 Å². The van der Waals surface area contributed by atoms with Crippen LogP contribution in [0.5, 0.6) is 0 Å². The number of aryl methyl sites for hydroxylation is 2. The van der Waals surface area contributed by atoms with E-state index in [1.807, 2.05) is 39.0 Å². The highest BCUT2D eigenvalue weighted by Gasteiger charge is 2.34. The molecule has 1 aromatic rings. The normalized spacial score (nSPS) is 12.8. The molecule has 2 unspecified atom stereocenters. The minimum atomic E-state index is -0.999. The largest absolute Gasteiger partial charge is 0.444 e. The van der Waals surface area contributed by atoms with Crippen LogP contribution in [0.1, 0.15) is 70.2 Å². The number of nitriles is 1. The van der Waals surface area contributed by atoms with Gasteiger partial charge in [-0.05, 0) is 64.7 Å². The van der Waals surface area contributed by atoms with Gasteiger partial charge in [-0.25, -0.2) is 4.79 Å². The first-order valence-corrected chi connectivity index (χ1v) is 10.9. The van der Waals surface area contributed by atoms with E-state index in [4.69, 9.17) is 4.74 Å². The van der Waals surface area contributed by atoms with Crippen LogP contribution in [0.4, 0.5) is 4.79 Å². The summed E-state index contributed by atoms with van der Waals surface area (Å²) < 4.78 is 5.22. The highest BCUT2D eigenvalue weighted by Crippen LogP contribution is 2.24. The summed E-state index contributed by atoms with van der Waals surface area (Å²) in [7, 11) is 0. The summed E-state index contributed by atoms with van der Waals surface area (Å²) in [6.45, 7) is 12.7. The lowest BCUT2D eigenvalue weighted by atomic mass is 9.98. The summed E-state index contributed by atoms with van der Waals surface area (Å²) in [5, 5.41) is 14.8. The van der Waals surface area contributed by atoms with E-state index in [0.717, 1.165) is 24.0 Å². The van der Waals surface area contributed by atoms with E-state index in [1.165, 1.54) is 11.8 Å². The predicted molar refractivity (Wildman–Crippen MR) is 123 cm³/mol. The maximum absolute atomic E-state index is 13.3. The molecule has 2 N–H and O–H groups in total. The van der Waals surface area contributed by atoms with Crippen molar-refractivity contribution in [2.75, 3.05) is 13.1 Å². The van der Waals surface area contributed by atoms with E-state index in [9.17, 15) is 19.6 Å². The first-order chi connectivity index (χ1) is 14.9. The van der Waals surface area contributed by atoms with Crippen LogP contribution < -0.4 is 10.6 Å². The van der Waals surface area contributed by atoms with Gasteiger partial charge in [0.1, 0.15) is 24.2 Å². The number of carbonyl (C=O) groups excluding carboxylic acids is 3. The Hall–Kier alpha value is -3.08. The van der Waals surface area contributed by atoms with Crippen LogP contribution in [0.25, 0.3) is 0 Å². The molecule has 8 heteroatoms. The van der Waals surface area contributed by atoms with Crippen LogP contribution in [-0.4, -0.2) is 47.5 Å². The number of carbonyl (C=O) groups is 3. The number of hydrogen-bond donors (Lipinski definition) is 2. The van der Waals surface area contributed by atoms with Gasteiger partial charge >= 0.3 is 6.09 Å². The van der Waals surface area contributed by atoms with E-state index >= 15 is 0 Å². The van der Waals surface area contributed by atoms with Crippen molar-refractivity contribution in [3.05, 3.63) is 34.9 Å². The van der Waals surface area contributed by atoms with E-state index in [2.05, 4.69) is 10.6 Å². The van der Waals surface area contributed by atoms with Gasteiger partial charge in [-0.3, -0.25) is 9.59 Å². The van der Waals surface area contributed by atoms with Crippen molar-refractivity contribution in [2.24, 2.45) is 0 Å². The fourth-order valence-electron chi connectivity index (χ4n) is 3.06. The molecule has 8 nitrogen and oxygen atoms in total. The molecule has 3 amide bonds. The lowest BCUT2D eigenvalue weighted by Crippen LogP contribution is -2.52. The zero-order chi connectivity index (χ0) is 24.5. The van der Waals surface area contributed by atoms with Crippen molar-refractivity contribution in [1.29, 1.82) is 5.26 Å². The summed E-state index contributed by atoms with van der Waals surface area (Å²) in [6, 6.07) is 5.51. The minimum absolute atomic E-state index is 0.308. The number of amides is 3. The molecule has 1 aromatic carbocycles. The fraction of sp³-hybridized carbons (Fsp3) is 0.583. The number of hydrogen-bond acceptors (Lipinski definition) is 5. The van der Waals surface area contributed by atoms with Gasteiger partial charge in [-0.1, -0.05) is 31.5 Å². The van der Waals surface area contributed by atoms with Crippen LogP contribution >= 0.6 is 0 Å². The molecule has 0 bridgehead atoms. The molecule has 0 radical (unpaired) electrons. The Morgan fingerprint density at radius 1 is 1.19 bits per heavy atom. The lowest BCUT2D eigenvalue weighted by molar-refractivity contribution is -0.141. The van der Waals surface area contributed by atoms with E-state index < -0.39 is 29.7 Å². The SMILES string of the molecule is CCCCNC(=O)C(c1ccc(C)c(C)c1)N(CC#N)C(=O)C(C)NC(=O)OC(C)(C)C.